The number of furan rings is 1. The lowest BCUT2D eigenvalue weighted by Gasteiger charge is -2.05. The molecular formula is C13H15NO2S2. The number of nitrogens with two attached hydrogens (primary N) is 1. The van der Waals surface area contributed by atoms with Crippen LogP contribution in [0.2, 0.25) is 0 Å². The summed E-state index contributed by atoms with van der Waals surface area (Å²) in [6.07, 6.45) is 3.06. The summed E-state index contributed by atoms with van der Waals surface area (Å²) in [7, 11) is 0. The minimum atomic E-state index is 0.228. The van der Waals surface area contributed by atoms with E-state index in [0.717, 1.165) is 23.1 Å². The van der Waals surface area contributed by atoms with Crippen LogP contribution in [0.25, 0.3) is 11.0 Å². The Labute approximate surface area is 116 Å². The fourth-order valence-electron chi connectivity index (χ4n) is 1.70. The normalized spacial score (nSPS) is 10.7. The van der Waals surface area contributed by atoms with E-state index in [2.05, 4.69) is 6.26 Å². The van der Waals surface area contributed by atoms with E-state index in [1.54, 1.807) is 11.8 Å². The third-order valence-corrected chi connectivity index (χ3v) is 3.40. The van der Waals surface area contributed by atoms with Crippen molar-refractivity contribution in [2.45, 2.75) is 6.42 Å². The van der Waals surface area contributed by atoms with Crippen molar-refractivity contribution >= 4 is 39.9 Å². The molecule has 0 aliphatic heterocycles. The first-order valence-corrected chi connectivity index (χ1v) is 7.47. The highest BCUT2D eigenvalue weighted by atomic mass is 32.2. The number of hydrogen-bond acceptors (Lipinski definition) is 4. The van der Waals surface area contributed by atoms with Crippen molar-refractivity contribution in [3.05, 3.63) is 30.0 Å². The van der Waals surface area contributed by atoms with E-state index in [0.29, 0.717) is 18.1 Å². The molecule has 2 rings (SSSR count). The topological polar surface area (TPSA) is 48.4 Å². The molecule has 0 aliphatic carbocycles. The third-order valence-electron chi connectivity index (χ3n) is 2.51. The highest BCUT2D eigenvalue weighted by Crippen LogP contribution is 2.33. The smallest absolute Gasteiger partial charge is 0.204 e. The molecule has 1 aromatic carbocycles. The Morgan fingerprint density at radius 1 is 1.44 bits per heavy atom. The van der Waals surface area contributed by atoms with Crippen LogP contribution in [-0.4, -0.2) is 23.6 Å². The monoisotopic (exact) mass is 281 g/mol. The van der Waals surface area contributed by atoms with Gasteiger partial charge in [-0.3, -0.25) is 0 Å². The van der Waals surface area contributed by atoms with Gasteiger partial charge in [-0.2, -0.15) is 11.8 Å². The molecule has 5 heteroatoms. The van der Waals surface area contributed by atoms with Crippen LogP contribution in [0, 0.1) is 0 Å². The second-order valence-electron chi connectivity index (χ2n) is 3.82. The lowest BCUT2D eigenvalue weighted by Crippen LogP contribution is -2.10. The molecule has 0 amide bonds. The van der Waals surface area contributed by atoms with Gasteiger partial charge in [0.15, 0.2) is 5.75 Å². The van der Waals surface area contributed by atoms with Gasteiger partial charge in [-0.25, -0.2) is 0 Å². The van der Waals surface area contributed by atoms with Crippen LogP contribution in [0.5, 0.6) is 5.75 Å². The molecule has 0 saturated heterocycles. The van der Waals surface area contributed by atoms with Gasteiger partial charge in [0, 0.05) is 0 Å². The minimum absolute atomic E-state index is 0.228. The molecule has 18 heavy (non-hydrogen) atoms. The maximum absolute atomic E-state index is 5.78. The van der Waals surface area contributed by atoms with E-state index in [4.69, 9.17) is 27.1 Å². The summed E-state index contributed by atoms with van der Waals surface area (Å²) in [5.41, 5.74) is 6.41. The van der Waals surface area contributed by atoms with Gasteiger partial charge in [-0.1, -0.05) is 24.4 Å². The van der Waals surface area contributed by atoms with E-state index >= 15 is 0 Å². The summed E-state index contributed by atoms with van der Waals surface area (Å²) in [6, 6.07) is 7.68. The van der Waals surface area contributed by atoms with Crippen molar-refractivity contribution in [1.82, 2.24) is 0 Å². The van der Waals surface area contributed by atoms with E-state index in [1.165, 1.54) is 0 Å². The summed E-state index contributed by atoms with van der Waals surface area (Å²) >= 11 is 6.79. The standard InChI is InChI=1S/C13H15NO2S2/c1-18-8-4-7-15-11-9-5-2-3-6-10(9)16-12(11)13(14)17/h2-3,5-6H,4,7-8H2,1H3,(H2,14,17). The van der Waals surface area contributed by atoms with Gasteiger partial charge in [-0.15, -0.1) is 0 Å². The van der Waals surface area contributed by atoms with Crippen molar-refractivity contribution in [2.75, 3.05) is 18.6 Å². The van der Waals surface area contributed by atoms with Crippen molar-refractivity contribution < 1.29 is 9.15 Å². The maximum Gasteiger partial charge on any atom is 0.204 e. The molecular weight excluding hydrogens is 266 g/mol. The highest BCUT2D eigenvalue weighted by molar-refractivity contribution is 7.98. The Hall–Kier alpha value is -1.20. The number of hydrogen-bond donors (Lipinski definition) is 1. The largest absolute Gasteiger partial charge is 0.489 e. The van der Waals surface area contributed by atoms with Crippen LogP contribution >= 0.6 is 24.0 Å². The van der Waals surface area contributed by atoms with Crippen molar-refractivity contribution in [3.8, 4) is 5.75 Å². The van der Waals surface area contributed by atoms with Gasteiger partial charge < -0.3 is 14.9 Å². The molecule has 2 aromatic rings. The number of thiocarbonyl (C=S) groups is 1. The Morgan fingerprint density at radius 2 is 2.22 bits per heavy atom. The average Bonchev–Trinajstić information content (AvgIpc) is 2.74. The quantitative estimate of drug-likeness (QED) is 0.651. The van der Waals surface area contributed by atoms with Crippen molar-refractivity contribution in [3.63, 3.8) is 0 Å². The van der Waals surface area contributed by atoms with Gasteiger partial charge in [0.25, 0.3) is 0 Å². The molecule has 1 heterocycles. The van der Waals surface area contributed by atoms with Crippen LogP contribution in [-0.2, 0) is 0 Å². The van der Waals surface area contributed by atoms with Crippen molar-refractivity contribution in [2.24, 2.45) is 5.73 Å². The zero-order valence-corrected chi connectivity index (χ0v) is 11.8. The maximum atomic E-state index is 5.78. The van der Waals surface area contributed by atoms with E-state index < -0.39 is 0 Å². The number of ether oxygens (including phenoxy) is 1. The van der Waals surface area contributed by atoms with Gasteiger partial charge >= 0.3 is 0 Å². The SMILES string of the molecule is CSCCCOc1c(C(N)=S)oc2ccccc12. The van der Waals surface area contributed by atoms with E-state index in [1.807, 2.05) is 24.3 Å². The number of para-hydroxylation sites is 1. The Balaban J connectivity index is 2.27. The summed E-state index contributed by atoms with van der Waals surface area (Å²) in [4.78, 5) is 0.228. The zero-order valence-electron chi connectivity index (χ0n) is 10.1. The predicted molar refractivity (Wildman–Crippen MR) is 80.6 cm³/mol. The number of benzene rings is 1. The average molecular weight is 281 g/mol. The summed E-state index contributed by atoms with van der Waals surface area (Å²) in [5, 5.41) is 0.921. The van der Waals surface area contributed by atoms with E-state index in [9.17, 15) is 0 Å². The van der Waals surface area contributed by atoms with Gasteiger partial charge in [0.2, 0.25) is 5.76 Å². The van der Waals surface area contributed by atoms with Crippen LogP contribution in [0.4, 0.5) is 0 Å². The van der Waals surface area contributed by atoms with Crippen LogP contribution < -0.4 is 10.5 Å². The number of fused-ring (bicyclic) bond motifs is 1. The molecule has 2 N–H and O–H groups in total. The third kappa shape index (κ3) is 2.79. The van der Waals surface area contributed by atoms with Crippen molar-refractivity contribution in [1.29, 1.82) is 0 Å². The van der Waals surface area contributed by atoms with Crippen LogP contribution in [0.1, 0.15) is 12.2 Å². The first-order chi connectivity index (χ1) is 8.74. The predicted octanol–water partition coefficient (Wildman–Crippen LogP) is 3.20. The van der Waals surface area contributed by atoms with Crippen LogP contribution in [0.15, 0.2) is 28.7 Å². The fourth-order valence-corrected chi connectivity index (χ4v) is 2.25. The number of thioether (sulfide) groups is 1. The molecule has 0 unspecified atom stereocenters. The first kappa shape index (κ1) is 13.2. The van der Waals surface area contributed by atoms with E-state index in [-0.39, 0.29) is 4.99 Å². The molecule has 0 saturated carbocycles. The molecule has 0 radical (unpaired) electrons. The summed E-state index contributed by atoms with van der Waals surface area (Å²) < 4.78 is 11.4. The lowest BCUT2D eigenvalue weighted by atomic mass is 10.2. The van der Waals surface area contributed by atoms with Crippen LogP contribution in [0.3, 0.4) is 0 Å². The molecule has 0 atom stereocenters. The second-order valence-corrected chi connectivity index (χ2v) is 5.24. The molecule has 3 nitrogen and oxygen atoms in total. The minimum Gasteiger partial charge on any atom is -0.489 e. The molecule has 1 aromatic heterocycles. The highest BCUT2D eigenvalue weighted by Gasteiger charge is 2.17. The summed E-state index contributed by atoms with van der Waals surface area (Å²) in [5.74, 6) is 2.20. The zero-order chi connectivity index (χ0) is 13.0. The Kier molecular flexibility index (Phi) is 4.49. The first-order valence-electron chi connectivity index (χ1n) is 5.67. The molecule has 96 valence electrons. The Morgan fingerprint density at radius 3 is 2.94 bits per heavy atom. The molecule has 0 aliphatic rings. The summed E-state index contributed by atoms with van der Waals surface area (Å²) in [6.45, 7) is 0.639. The molecule has 0 fully saturated rings. The molecule has 0 bridgehead atoms. The second kappa shape index (κ2) is 6.11. The molecule has 0 spiro atoms. The fraction of sp³-hybridized carbons (Fsp3) is 0.308. The lowest BCUT2D eigenvalue weighted by molar-refractivity contribution is 0.316. The van der Waals surface area contributed by atoms with Gasteiger partial charge in [0.05, 0.1) is 12.0 Å². The van der Waals surface area contributed by atoms with Gasteiger partial charge in [-0.05, 0) is 30.6 Å². The van der Waals surface area contributed by atoms with Gasteiger partial charge in [0.1, 0.15) is 10.6 Å². The number of rotatable bonds is 6. The Bertz CT molecular complexity index is 551.